The Balaban J connectivity index is 1.94. The lowest BCUT2D eigenvalue weighted by Gasteiger charge is -2.20. The summed E-state index contributed by atoms with van der Waals surface area (Å²) in [6.45, 7) is 1.94. The summed E-state index contributed by atoms with van der Waals surface area (Å²) in [5.41, 5.74) is 1.25. The van der Waals surface area contributed by atoms with Crippen LogP contribution in [-0.2, 0) is 17.9 Å². The maximum Gasteiger partial charge on any atom is 0.210 e. The molecular weight excluding hydrogens is 428 g/mol. The first-order chi connectivity index (χ1) is 14.9. The van der Waals surface area contributed by atoms with Crippen LogP contribution in [0.4, 0.5) is 8.78 Å². The van der Waals surface area contributed by atoms with Gasteiger partial charge in [0.25, 0.3) is 0 Å². The molecule has 0 saturated heterocycles. The number of amides is 1. The standard InChI is InChI=1S/C22H20ClF2N3O3/c1-13-18(26-22(27-21(13)23)20-16(24)5-4-6-17(20)25)11-28(12-29)10-14-7-8-15(30-2)9-19(14)31-3/h4-9,12H,10-11H2,1-3H3. The van der Waals surface area contributed by atoms with Gasteiger partial charge in [-0.3, -0.25) is 4.79 Å². The molecule has 1 heterocycles. The van der Waals surface area contributed by atoms with E-state index in [4.69, 9.17) is 21.1 Å². The molecule has 0 aliphatic heterocycles. The van der Waals surface area contributed by atoms with Gasteiger partial charge in [0.2, 0.25) is 6.41 Å². The highest BCUT2D eigenvalue weighted by atomic mass is 35.5. The van der Waals surface area contributed by atoms with Gasteiger partial charge in [-0.15, -0.1) is 0 Å². The number of rotatable bonds is 8. The van der Waals surface area contributed by atoms with Gasteiger partial charge in [0.1, 0.15) is 28.3 Å². The molecule has 0 N–H and O–H groups in total. The van der Waals surface area contributed by atoms with Gasteiger partial charge in [-0.2, -0.15) is 0 Å². The quantitative estimate of drug-likeness (QED) is 0.374. The van der Waals surface area contributed by atoms with Crippen LogP contribution >= 0.6 is 11.6 Å². The lowest BCUT2D eigenvalue weighted by Crippen LogP contribution is -2.23. The SMILES string of the molecule is COc1ccc(CN(C=O)Cc2nc(-c3c(F)cccc3F)nc(Cl)c2C)c(OC)c1. The van der Waals surface area contributed by atoms with Crippen molar-refractivity contribution in [3.8, 4) is 22.9 Å². The smallest absolute Gasteiger partial charge is 0.210 e. The number of halogens is 3. The molecule has 1 amide bonds. The molecule has 31 heavy (non-hydrogen) atoms. The zero-order valence-corrected chi connectivity index (χ0v) is 17.9. The predicted molar refractivity (Wildman–Crippen MR) is 112 cm³/mol. The number of nitrogens with zero attached hydrogens (tertiary/aromatic N) is 3. The molecule has 0 aliphatic rings. The largest absolute Gasteiger partial charge is 0.497 e. The Labute approximate surface area is 183 Å². The van der Waals surface area contributed by atoms with E-state index in [-0.39, 0.29) is 29.6 Å². The molecule has 9 heteroatoms. The first-order valence-electron chi connectivity index (χ1n) is 9.25. The van der Waals surface area contributed by atoms with Crippen LogP contribution < -0.4 is 9.47 Å². The summed E-state index contributed by atoms with van der Waals surface area (Å²) in [6, 6.07) is 8.73. The minimum absolute atomic E-state index is 0.0514. The molecule has 3 rings (SSSR count). The van der Waals surface area contributed by atoms with E-state index in [0.29, 0.717) is 29.2 Å². The highest BCUT2D eigenvalue weighted by Crippen LogP contribution is 2.28. The van der Waals surface area contributed by atoms with Crippen molar-refractivity contribution in [1.29, 1.82) is 0 Å². The number of methoxy groups -OCH3 is 2. The van der Waals surface area contributed by atoms with Crippen molar-refractivity contribution in [1.82, 2.24) is 14.9 Å². The van der Waals surface area contributed by atoms with E-state index >= 15 is 0 Å². The van der Waals surface area contributed by atoms with E-state index < -0.39 is 11.6 Å². The van der Waals surface area contributed by atoms with Gasteiger partial charge in [-0.05, 0) is 31.2 Å². The topological polar surface area (TPSA) is 64.5 Å². The van der Waals surface area contributed by atoms with Crippen LogP contribution in [0, 0.1) is 18.6 Å². The maximum atomic E-state index is 14.2. The number of aromatic nitrogens is 2. The fourth-order valence-electron chi connectivity index (χ4n) is 3.03. The highest BCUT2D eigenvalue weighted by Gasteiger charge is 2.19. The molecule has 0 unspecified atom stereocenters. The van der Waals surface area contributed by atoms with E-state index in [2.05, 4.69) is 9.97 Å². The molecule has 3 aromatic rings. The fourth-order valence-corrected chi connectivity index (χ4v) is 3.22. The van der Waals surface area contributed by atoms with E-state index in [1.807, 2.05) is 0 Å². The van der Waals surface area contributed by atoms with Crippen LogP contribution in [-0.4, -0.2) is 35.5 Å². The Hall–Kier alpha value is -3.26. The Morgan fingerprint density at radius 2 is 1.77 bits per heavy atom. The normalized spacial score (nSPS) is 10.6. The van der Waals surface area contributed by atoms with Crippen LogP contribution in [0.3, 0.4) is 0 Å². The van der Waals surface area contributed by atoms with Gasteiger partial charge >= 0.3 is 0 Å². The van der Waals surface area contributed by atoms with Crippen molar-refractivity contribution in [3.63, 3.8) is 0 Å². The zero-order valence-electron chi connectivity index (χ0n) is 17.2. The van der Waals surface area contributed by atoms with Crippen molar-refractivity contribution in [3.05, 3.63) is 70.0 Å². The summed E-state index contributed by atoms with van der Waals surface area (Å²) in [4.78, 5) is 21.5. The highest BCUT2D eigenvalue weighted by molar-refractivity contribution is 6.30. The molecule has 0 spiro atoms. The Morgan fingerprint density at radius 3 is 2.39 bits per heavy atom. The Morgan fingerprint density at radius 1 is 1.06 bits per heavy atom. The van der Waals surface area contributed by atoms with E-state index in [1.165, 1.54) is 18.1 Å². The van der Waals surface area contributed by atoms with Crippen LogP contribution in [0.5, 0.6) is 11.5 Å². The van der Waals surface area contributed by atoms with Gasteiger partial charge in [-0.1, -0.05) is 17.7 Å². The third kappa shape index (κ3) is 4.91. The van der Waals surface area contributed by atoms with Gasteiger partial charge in [0.15, 0.2) is 5.82 Å². The van der Waals surface area contributed by atoms with Crippen LogP contribution in [0.15, 0.2) is 36.4 Å². The van der Waals surface area contributed by atoms with Gasteiger partial charge in [0.05, 0.1) is 32.0 Å². The summed E-state index contributed by atoms with van der Waals surface area (Å²) >= 11 is 6.20. The number of hydrogen-bond acceptors (Lipinski definition) is 5. The second kappa shape index (κ2) is 9.70. The fraction of sp³-hybridized carbons (Fsp3) is 0.227. The first-order valence-corrected chi connectivity index (χ1v) is 9.63. The Bertz CT molecular complexity index is 1090. The van der Waals surface area contributed by atoms with Crippen LogP contribution in [0.2, 0.25) is 5.15 Å². The average Bonchev–Trinajstić information content (AvgIpc) is 2.76. The first kappa shape index (κ1) is 22.4. The lowest BCUT2D eigenvalue weighted by molar-refractivity contribution is -0.119. The predicted octanol–water partition coefficient (Wildman–Crippen LogP) is 4.56. The summed E-state index contributed by atoms with van der Waals surface area (Å²) in [5, 5.41) is 0.0514. The summed E-state index contributed by atoms with van der Waals surface area (Å²) < 4.78 is 39.0. The molecule has 0 saturated carbocycles. The summed E-state index contributed by atoms with van der Waals surface area (Å²) in [7, 11) is 3.07. The van der Waals surface area contributed by atoms with Crippen molar-refractivity contribution in [2.24, 2.45) is 0 Å². The molecule has 0 fully saturated rings. The molecule has 0 radical (unpaired) electrons. The summed E-state index contributed by atoms with van der Waals surface area (Å²) in [5.74, 6) is -0.623. The third-order valence-electron chi connectivity index (χ3n) is 4.74. The van der Waals surface area contributed by atoms with Gasteiger partial charge in [0, 0.05) is 23.7 Å². The van der Waals surface area contributed by atoms with Gasteiger partial charge in [-0.25, -0.2) is 18.7 Å². The monoisotopic (exact) mass is 447 g/mol. The average molecular weight is 448 g/mol. The number of carbonyl (C=O) groups excluding carboxylic acids is 1. The number of ether oxygens (including phenoxy) is 2. The zero-order chi connectivity index (χ0) is 22.5. The van der Waals surface area contributed by atoms with Crippen molar-refractivity contribution >= 4 is 18.0 Å². The minimum Gasteiger partial charge on any atom is -0.497 e. The number of benzene rings is 2. The van der Waals surface area contributed by atoms with Gasteiger partial charge < -0.3 is 14.4 Å². The van der Waals surface area contributed by atoms with E-state index in [9.17, 15) is 13.6 Å². The lowest BCUT2D eigenvalue weighted by atomic mass is 10.1. The molecule has 0 atom stereocenters. The molecular formula is C22H20ClF2N3O3. The molecule has 1 aromatic heterocycles. The molecule has 162 valence electrons. The van der Waals surface area contributed by atoms with E-state index in [1.54, 1.807) is 32.2 Å². The molecule has 0 bridgehead atoms. The molecule has 0 aliphatic carbocycles. The molecule has 6 nitrogen and oxygen atoms in total. The van der Waals surface area contributed by atoms with Crippen LogP contribution in [0.1, 0.15) is 16.8 Å². The van der Waals surface area contributed by atoms with Crippen molar-refractivity contribution < 1.29 is 23.0 Å². The molecule has 2 aromatic carbocycles. The van der Waals surface area contributed by atoms with E-state index in [0.717, 1.165) is 17.7 Å². The Kier molecular flexibility index (Phi) is 7.02. The maximum absolute atomic E-state index is 14.2. The minimum atomic E-state index is -0.805. The van der Waals surface area contributed by atoms with Crippen molar-refractivity contribution in [2.75, 3.05) is 14.2 Å². The second-order valence-corrected chi connectivity index (χ2v) is 7.05. The number of hydrogen-bond donors (Lipinski definition) is 0. The second-order valence-electron chi connectivity index (χ2n) is 6.69. The third-order valence-corrected chi connectivity index (χ3v) is 5.11. The van der Waals surface area contributed by atoms with Crippen LogP contribution in [0.25, 0.3) is 11.4 Å². The summed E-state index contributed by atoms with van der Waals surface area (Å²) in [6.07, 6.45) is 0.655. The van der Waals surface area contributed by atoms with Crippen molar-refractivity contribution in [2.45, 2.75) is 20.0 Å². The number of carbonyl (C=O) groups is 1.